The van der Waals surface area contributed by atoms with Crippen LogP contribution in [0.5, 0.6) is 0 Å². The van der Waals surface area contributed by atoms with Crippen molar-refractivity contribution in [3.8, 4) is 6.07 Å². The molecule has 0 aliphatic heterocycles. The Morgan fingerprint density at radius 1 is 1.38 bits per heavy atom. The third-order valence-electron chi connectivity index (χ3n) is 2.59. The van der Waals surface area contributed by atoms with Gasteiger partial charge in [0.25, 0.3) is 0 Å². The Bertz CT molecular complexity index is 398. The second-order valence-electron chi connectivity index (χ2n) is 3.78. The van der Waals surface area contributed by atoms with Crippen LogP contribution in [0.25, 0.3) is 0 Å². The van der Waals surface area contributed by atoms with Crippen LogP contribution in [0.1, 0.15) is 12.5 Å². The van der Waals surface area contributed by atoms with E-state index in [0.717, 1.165) is 11.6 Å². The highest BCUT2D eigenvalue weighted by atomic mass is 19.2. The largest absolute Gasteiger partial charge is 0.291 e. The molecule has 0 heterocycles. The highest BCUT2D eigenvalue weighted by molar-refractivity contribution is 5.18. The summed E-state index contributed by atoms with van der Waals surface area (Å²) in [6, 6.07) is 5.81. The fraction of sp³-hybridized carbons (Fsp3) is 0.417. The zero-order valence-corrected chi connectivity index (χ0v) is 9.37. The van der Waals surface area contributed by atoms with Crippen LogP contribution in [0.2, 0.25) is 0 Å². The Hall–Kier alpha value is -1.47. The van der Waals surface area contributed by atoms with Crippen molar-refractivity contribution in [1.82, 2.24) is 4.90 Å². The standard InChI is InChI=1S/C12H14F2N2/c1-9(8-15)16(2)6-5-10-3-4-11(13)12(14)7-10/h3-4,7,9H,5-6H2,1-2H3. The molecule has 16 heavy (non-hydrogen) atoms. The highest BCUT2D eigenvalue weighted by Crippen LogP contribution is 2.09. The van der Waals surface area contributed by atoms with E-state index in [1.54, 1.807) is 13.0 Å². The fourth-order valence-electron chi connectivity index (χ4n) is 1.29. The van der Waals surface area contributed by atoms with Crippen LogP contribution in [-0.4, -0.2) is 24.5 Å². The summed E-state index contributed by atoms with van der Waals surface area (Å²) in [6.07, 6.45) is 0.597. The molecule has 0 radical (unpaired) electrons. The average molecular weight is 224 g/mol. The van der Waals surface area contributed by atoms with Crippen LogP contribution < -0.4 is 0 Å². The molecule has 0 saturated heterocycles. The smallest absolute Gasteiger partial charge is 0.159 e. The maximum Gasteiger partial charge on any atom is 0.159 e. The van der Waals surface area contributed by atoms with Crippen molar-refractivity contribution in [3.05, 3.63) is 35.4 Å². The number of benzene rings is 1. The summed E-state index contributed by atoms with van der Waals surface area (Å²) < 4.78 is 25.5. The van der Waals surface area contributed by atoms with Crippen molar-refractivity contribution in [3.63, 3.8) is 0 Å². The van der Waals surface area contributed by atoms with Crippen LogP contribution in [0, 0.1) is 23.0 Å². The molecule has 0 spiro atoms. The maximum atomic E-state index is 12.9. The number of nitriles is 1. The number of rotatable bonds is 4. The molecule has 1 aromatic rings. The summed E-state index contributed by atoms with van der Waals surface area (Å²) in [6.45, 7) is 2.44. The number of hydrogen-bond acceptors (Lipinski definition) is 2. The molecule has 1 atom stereocenters. The average Bonchev–Trinajstić information content (AvgIpc) is 2.29. The first-order chi connectivity index (χ1) is 7.54. The highest BCUT2D eigenvalue weighted by Gasteiger charge is 2.08. The van der Waals surface area contributed by atoms with E-state index in [9.17, 15) is 8.78 Å². The van der Waals surface area contributed by atoms with E-state index in [4.69, 9.17) is 5.26 Å². The molecule has 0 saturated carbocycles. The minimum absolute atomic E-state index is 0.176. The summed E-state index contributed by atoms with van der Waals surface area (Å²) in [5.41, 5.74) is 0.732. The number of hydrogen-bond donors (Lipinski definition) is 0. The molecule has 1 unspecified atom stereocenters. The van der Waals surface area contributed by atoms with Gasteiger partial charge in [-0.3, -0.25) is 4.90 Å². The van der Waals surface area contributed by atoms with E-state index in [1.807, 2.05) is 11.9 Å². The second kappa shape index (κ2) is 5.57. The Morgan fingerprint density at radius 3 is 2.62 bits per heavy atom. The molecule has 1 rings (SSSR count). The Balaban J connectivity index is 2.55. The van der Waals surface area contributed by atoms with Gasteiger partial charge in [0.05, 0.1) is 12.1 Å². The lowest BCUT2D eigenvalue weighted by Crippen LogP contribution is -2.29. The van der Waals surface area contributed by atoms with Gasteiger partial charge < -0.3 is 0 Å². The lowest BCUT2D eigenvalue weighted by atomic mass is 10.1. The third kappa shape index (κ3) is 3.28. The molecule has 0 fully saturated rings. The van der Waals surface area contributed by atoms with Crippen LogP contribution in [0.4, 0.5) is 8.78 Å². The monoisotopic (exact) mass is 224 g/mol. The first-order valence-corrected chi connectivity index (χ1v) is 5.08. The van der Waals surface area contributed by atoms with Crippen LogP contribution >= 0.6 is 0 Å². The molecule has 4 heteroatoms. The molecule has 1 aromatic carbocycles. The van der Waals surface area contributed by atoms with Gasteiger partial charge in [0, 0.05) is 6.54 Å². The van der Waals surface area contributed by atoms with Crippen molar-refractivity contribution in [1.29, 1.82) is 5.26 Å². The summed E-state index contributed by atoms with van der Waals surface area (Å²) in [5, 5.41) is 8.68. The molecule has 0 aliphatic rings. The molecular weight excluding hydrogens is 210 g/mol. The van der Waals surface area contributed by atoms with Crippen LogP contribution in [0.15, 0.2) is 18.2 Å². The lowest BCUT2D eigenvalue weighted by Gasteiger charge is -2.18. The van der Waals surface area contributed by atoms with E-state index in [1.165, 1.54) is 6.07 Å². The summed E-state index contributed by atoms with van der Waals surface area (Å²) >= 11 is 0. The van der Waals surface area contributed by atoms with Crippen molar-refractivity contribution in [2.24, 2.45) is 0 Å². The van der Waals surface area contributed by atoms with Gasteiger partial charge in [-0.2, -0.15) is 5.26 Å². The number of likely N-dealkylation sites (N-methyl/N-ethyl adjacent to an activating group) is 1. The number of nitrogens with zero attached hydrogens (tertiary/aromatic N) is 2. The maximum absolute atomic E-state index is 12.9. The summed E-state index contributed by atoms with van der Waals surface area (Å²) in [4.78, 5) is 1.86. The van der Waals surface area contributed by atoms with Gasteiger partial charge in [-0.15, -0.1) is 0 Å². The molecule has 0 amide bonds. The molecule has 0 N–H and O–H groups in total. The molecule has 0 bridgehead atoms. The van der Waals surface area contributed by atoms with E-state index in [2.05, 4.69) is 6.07 Å². The van der Waals surface area contributed by atoms with Gasteiger partial charge in [0.1, 0.15) is 0 Å². The Labute approximate surface area is 94.1 Å². The van der Waals surface area contributed by atoms with Crippen molar-refractivity contribution >= 4 is 0 Å². The van der Waals surface area contributed by atoms with Gasteiger partial charge in [-0.25, -0.2) is 8.78 Å². The SMILES string of the molecule is CC(C#N)N(C)CCc1ccc(F)c(F)c1. The third-order valence-corrected chi connectivity index (χ3v) is 2.59. The van der Waals surface area contributed by atoms with Gasteiger partial charge in [0.2, 0.25) is 0 Å². The topological polar surface area (TPSA) is 27.0 Å². The van der Waals surface area contributed by atoms with E-state index in [0.29, 0.717) is 13.0 Å². The van der Waals surface area contributed by atoms with Crippen molar-refractivity contribution in [2.45, 2.75) is 19.4 Å². The first kappa shape index (κ1) is 12.6. The lowest BCUT2D eigenvalue weighted by molar-refractivity contribution is 0.306. The number of halogens is 2. The normalized spacial score (nSPS) is 12.5. The summed E-state index contributed by atoms with van der Waals surface area (Å²) in [5.74, 6) is -1.66. The fourth-order valence-corrected chi connectivity index (χ4v) is 1.29. The molecule has 0 aromatic heterocycles. The van der Waals surface area contributed by atoms with E-state index >= 15 is 0 Å². The van der Waals surface area contributed by atoms with Crippen molar-refractivity contribution in [2.75, 3.05) is 13.6 Å². The molecule has 2 nitrogen and oxygen atoms in total. The quantitative estimate of drug-likeness (QED) is 0.785. The zero-order chi connectivity index (χ0) is 12.1. The molecular formula is C12H14F2N2. The van der Waals surface area contributed by atoms with Gasteiger partial charge >= 0.3 is 0 Å². The van der Waals surface area contributed by atoms with Crippen molar-refractivity contribution < 1.29 is 8.78 Å². The Morgan fingerprint density at radius 2 is 2.06 bits per heavy atom. The first-order valence-electron chi connectivity index (χ1n) is 5.08. The second-order valence-corrected chi connectivity index (χ2v) is 3.78. The minimum atomic E-state index is -0.831. The molecule has 0 aliphatic carbocycles. The van der Waals surface area contributed by atoms with Gasteiger partial charge in [-0.1, -0.05) is 6.07 Å². The van der Waals surface area contributed by atoms with Gasteiger partial charge in [-0.05, 0) is 38.1 Å². The summed E-state index contributed by atoms with van der Waals surface area (Å²) in [7, 11) is 1.83. The van der Waals surface area contributed by atoms with Gasteiger partial charge in [0.15, 0.2) is 11.6 Å². The van der Waals surface area contributed by atoms with Crippen LogP contribution in [-0.2, 0) is 6.42 Å². The molecule has 86 valence electrons. The van der Waals surface area contributed by atoms with Crippen LogP contribution in [0.3, 0.4) is 0 Å². The van der Waals surface area contributed by atoms with E-state index in [-0.39, 0.29) is 6.04 Å². The predicted molar refractivity (Wildman–Crippen MR) is 57.8 cm³/mol. The Kier molecular flexibility index (Phi) is 4.39. The zero-order valence-electron chi connectivity index (χ0n) is 9.37. The predicted octanol–water partition coefficient (Wildman–Crippen LogP) is 2.35. The van der Waals surface area contributed by atoms with E-state index < -0.39 is 11.6 Å². The minimum Gasteiger partial charge on any atom is -0.291 e.